The Balaban J connectivity index is 0.863. The monoisotopic (exact) mass is 910 g/mol. The number of para-hydroxylation sites is 2. The molecule has 0 aliphatic heterocycles. The predicted molar refractivity (Wildman–Crippen MR) is 289 cm³/mol. The van der Waals surface area contributed by atoms with Gasteiger partial charge in [-0.1, -0.05) is 164 Å². The van der Waals surface area contributed by atoms with E-state index in [2.05, 4.69) is 168 Å². The quantitative estimate of drug-likeness (QED) is 0.167. The van der Waals surface area contributed by atoms with Crippen LogP contribution in [0.2, 0.25) is 0 Å². The van der Waals surface area contributed by atoms with E-state index in [1.54, 1.807) is 0 Å². The number of nitrogens with zero attached hydrogens (tertiary/aromatic N) is 4. The third kappa shape index (κ3) is 5.93. The summed E-state index contributed by atoms with van der Waals surface area (Å²) in [6.07, 6.45) is 0. The highest BCUT2D eigenvalue weighted by molar-refractivity contribution is 7.25. The molecule has 0 radical (unpaired) electrons. The van der Waals surface area contributed by atoms with Crippen molar-refractivity contribution in [2.24, 2.45) is 0 Å². The molecule has 1 aliphatic carbocycles. The minimum Gasteiger partial charge on any atom is -0.455 e. The van der Waals surface area contributed by atoms with Gasteiger partial charge >= 0.3 is 0 Å². The molecule has 0 fully saturated rings. The Morgan fingerprint density at radius 3 is 1.74 bits per heavy atom. The van der Waals surface area contributed by atoms with Gasteiger partial charge in [-0.05, 0) is 88.5 Å². The van der Waals surface area contributed by atoms with Crippen LogP contribution in [0.3, 0.4) is 0 Å². The van der Waals surface area contributed by atoms with Crippen LogP contribution in [0.5, 0.6) is 0 Å². The highest BCUT2D eigenvalue weighted by Crippen LogP contribution is 2.53. The Bertz CT molecular complexity index is 4360. The molecule has 70 heavy (non-hydrogen) atoms. The summed E-state index contributed by atoms with van der Waals surface area (Å²) in [4.78, 5) is 15.1. The summed E-state index contributed by atoms with van der Waals surface area (Å²) in [7, 11) is 0. The zero-order chi connectivity index (χ0) is 45.9. The summed E-state index contributed by atoms with van der Waals surface area (Å²) >= 11 is 1.81. The van der Waals surface area contributed by atoms with Crippen LogP contribution in [0.15, 0.2) is 229 Å². The molecule has 10 aromatic carbocycles. The fourth-order valence-corrected chi connectivity index (χ4v) is 12.2. The van der Waals surface area contributed by atoms with Crippen molar-refractivity contribution in [1.82, 2.24) is 19.5 Å². The second-order valence-corrected chi connectivity index (χ2v) is 19.3. The third-order valence-electron chi connectivity index (χ3n) is 14.3. The molecule has 14 aromatic rings. The van der Waals surface area contributed by atoms with Gasteiger partial charge in [-0.2, -0.15) is 0 Å². The van der Waals surface area contributed by atoms with Crippen LogP contribution >= 0.6 is 11.3 Å². The first-order chi connectivity index (χ1) is 34.7. The van der Waals surface area contributed by atoms with Crippen molar-refractivity contribution < 1.29 is 4.42 Å². The first-order valence-corrected chi connectivity index (χ1v) is 24.5. The van der Waals surface area contributed by atoms with Crippen molar-refractivity contribution in [2.75, 3.05) is 0 Å². The van der Waals surface area contributed by atoms with Crippen molar-refractivity contribution in [1.29, 1.82) is 0 Å². The molecule has 4 heterocycles. The van der Waals surface area contributed by atoms with E-state index in [1.807, 2.05) is 72.0 Å². The van der Waals surface area contributed by atoms with Crippen LogP contribution in [-0.4, -0.2) is 19.5 Å². The number of hydrogen-bond acceptors (Lipinski definition) is 5. The van der Waals surface area contributed by atoms with Crippen molar-refractivity contribution >= 4 is 75.3 Å². The minimum atomic E-state index is 0.0904. The predicted octanol–water partition coefficient (Wildman–Crippen LogP) is 17.1. The molecule has 0 bridgehead atoms. The van der Waals surface area contributed by atoms with E-state index in [4.69, 9.17) is 19.4 Å². The Hall–Kier alpha value is -8.97. The molecule has 0 N–H and O–H groups in total. The smallest absolute Gasteiger partial charge is 0.164 e. The van der Waals surface area contributed by atoms with Crippen molar-refractivity contribution in [3.05, 3.63) is 241 Å². The maximum atomic E-state index is 7.18. The lowest BCUT2D eigenvalue weighted by Gasteiger charge is -2.14. The number of aromatic nitrogens is 4. The number of furan rings is 1. The highest BCUT2D eigenvalue weighted by atomic mass is 32.1. The van der Waals surface area contributed by atoms with Gasteiger partial charge in [-0.3, -0.25) is 0 Å². The Labute approximate surface area is 406 Å². The molecule has 0 saturated heterocycles. The molecule has 4 aromatic heterocycles. The maximum absolute atomic E-state index is 7.18. The summed E-state index contributed by atoms with van der Waals surface area (Å²) in [6, 6.07) is 80.3. The molecule has 0 amide bonds. The fraction of sp³-hybridized carbons (Fsp3) is 0.0156. The molecule has 1 atom stereocenters. The molecule has 15 rings (SSSR count). The van der Waals surface area contributed by atoms with E-state index in [1.165, 1.54) is 58.8 Å². The van der Waals surface area contributed by atoms with Gasteiger partial charge < -0.3 is 8.98 Å². The Morgan fingerprint density at radius 2 is 0.957 bits per heavy atom. The molecule has 326 valence electrons. The van der Waals surface area contributed by atoms with Crippen LogP contribution < -0.4 is 0 Å². The molecule has 6 heteroatoms. The van der Waals surface area contributed by atoms with E-state index in [-0.39, 0.29) is 5.92 Å². The number of thiophene rings is 1. The van der Waals surface area contributed by atoms with E-state index in [0.717, 1.165) is 66.5 Å². The van der Waals surface area contributed by atoms with Crippen LogP contribution in [0.1, 0.15) is 22.6 Å². The van der Waals surface area contributed by atoms with E-state index in [0.29, 0.717) is 17.5 Å². The summed E-state index contributed by atoms with van der Waals surface area (Å²) in [5.74, 6) is 2.04. The van der Waals surface area contributed by atoms with Gasteiger partial charge in [0.05, 0.1) is 11.0 Å². The van der Waals surface area contributed by atoms with Gasteiger partial charge in [0.25, 0.3) is 0 Å². The number of rotatable bonds is 6. The lowest BCUT2D eigenvalue weighted by molar-refractivity contribution is 0.663. The summed E-state index contributed by atoms with van der Waals surface area (Å²) in [5, 5.41) is 7.04. The van der Waals surface area contributed by atoms with Gasteiger partial charge in [0, 0.05) is 81.1 Å². The number of benzene rings is 10. The second-order valence-electron chi connectivity index (χ2n) is 18.2. The lowest BCUT2D eigenvalue weighted by Crippen LogP contribution is -2.00. The first kappa shape index (κ1) is 39.1. The normalized spacial score (nSPS) is 13.3. The van der Waals surface area contributed by atoms with Crippen LogP contribution in [0.25, 0.3) is 126 Å². The van der Waals surface area contributed by atoms with Gasteiger partial charge in [0.2, 0.25) is 0 Å². The highest BCUT2D eigenvalue weighted by Gasteiger charge is 2.33. The van der Waals surface area contributed by atoms with Crippen molar-refractivity contribution in [3.63, 3.8) is 0 Å². The van der Waals surface area contributed by atoms with Crippen molar-refractivity contribution in [2.45, 2.75) is 5.92 Å². The molecule has 1 aliphatic rings. The molecule has 1 unspecified atom stereocenters. The van der Waals surface area contributed by atoms with E-state index in [9.17, 15) is 0 Å². The molecule has 0 saturated carbocycles. The van der Waals surface area contributed by atoms with E-state index >= 15 is 0 Å². The largest absolute Gasteiger partial charge is 0.455 e. The first-order valence-electron chi connectivity index (χ1n) is 23.7. The zero-order valence-electron chi connectivity index (χ0n) is 37.5. The summed E-state index contributed by atoms with van der Waals surface area (Å²) < 4.78 is 12.0. The maximum Gasteiger partial charge on any atom is 0.164 e. The van der Waals surface area contributed by atoms with Crippen LogP contribution in [-0.2, 0) is 0 Å². The standard InChI is InChI=1S/C64H38N4OS/c1-4-15-38(16-5-1)58-47-23-11-10-21-45(47)48-30-31-50-49-25-14-24-44(60(49)69-61(50)59(48)58)41-27-32-55-51(35-41)46-22-12-13-26-54(46)68(55)43-29-34-57-53(37-43)52-36-42(28-33-56(52)70-57)64-66-62(39-17-6-2-7-18-39)65-63(67-64)40-19-8-3-9-20-40/h1-37,58H. The average Bonchev–Trinajstić information content (AvgIpc) is 4.19. The summed E-state index contributed by atoms with van der Waals surface area (Å²) in [6.45, 7) is 0. The lowest BCUT2D eigenvalue weighted by atomic mass is 9.88. The second kappa shape index (κ2) is 15.3. The third-order valence-corrected chi connectivity index (χ3v) is 15.5. The van der Waals surface area contributed by atoms with Gasteiger partial charge in [0.15, 0.2) is 17.5 Å². The molecular formula is C64H38N4OS. The topological polar surface area (TPSA) is 56.7 Å². The number of hydrogen-bond donors (Lipinski definition) is 0. The Morgan fingerprint density at radius 1 is 0.371 bits per heavy atom. The SMILES string of the molecule is c1ccc(-c2nc(-c3ccccc3)nc(-c3ccc4sc5ccc(-n6c7ccccc7c7cc(-c8cccc9c8oc8c%10c(ccc89)-c8ccccc8C%10c8ccccc8)ccc76)cc5c4c3)n2)cc1. The van der Waals surface area contributed by atoms with E-state index < -0.39 is 0 Å². The zero-order valence-corrected chi connectivity index (χ0v) is 38.4. The van der Waals surface area contributed by atoms with Gasteiger partial charge in [-0.15, -0.1) is 11.3 Å². The molecule has 5 nitrogen and oxygen atoms in total. The molecular weight excluding hydrogens is 873 g/mol. The van der Waals surface area contributed by atoms with Crippen LogP contribution in [0, 0.1) is 0 Å². The van der Waals surface area contributed by atoms with Crippen LogP contribution in [0.4, 0.5) is 0 Å². The number of fused-ring (bicyclic) bond motifs is 13. The summed E-state index contributed by atoms with van der Waals surface area (Å²) in [5.41, 5.74) is 16.7. The molecule has 0 spiro atoms. The fourth-order valence-electron chi connectivity index (χ4n) is 11.2. The Kier molecular flexibility index (Phi) is 8.52. The van der Waals surface area contributed by atoms with Gasteiger partial charge in [0.1, 0.15) is 11.2 Å². The average molecular weight is 911 g/mol. The minimum absolute atomic E-state index is 0.0904. The van der Waals surface area contributed by atoms with Crippen molar-refractivity contribution in [3.8, 4) is 62.1 Å². The van der Waals surface area contributed by atoms with Gasteiger partial charge in [-0.25, -0.2) is 15.0 Å².